The summed E-state index contributed by atoms with van der Waals surface area (Å²) in [6.45, 7) is 0.735. The van der Waals surface area contributed by atoms with E-state index in [-0.39, 0.29) is 52.5 Å². The molecule has 0 spiro atoms. The van der Waals surface area contributed by atoms with Crippen LogP contribution in [-0.4, -0.2) is 58.4 Å². The summed E-state index contributed by atoms with van der Waals surface area (Å²) in [7, 11) is 1.39. The standard InChI is InChI=1S/C14H20INO5/c1-20-14(19)16-4-2-7-9-6-10(18)21-13(9)11(15)8(3-5-17)12(7)16/h7-9,11-13,17H,2-6H2,1H3/t7-,8?,9-,11?,12+,13-/m1/s1. The number of hydrogen-bond donors (Lipinski definition) is 1. The van der Waals surface area contributed by atoms with Crippen molar-refractivity contribution >= 4 is 34.7 Å². The van der Waals surface area contributed by atoms with Crippen molar-refractivity contribution in [2.24, 2.45) is 17.8 Å². The number of alkyl halides is 1. The summed E-state index contributed by atoms with van der Waals surface area (Å²) in [5.41, 5.74) is 0. The Labute approximate surface area is 137 Å². The number of esters is 1. The Morgan fingerprint density at radius 3 is 2.95 bits per heavy atom. The van der Waals surface area contributed by atoms with Gasteiger partial charge in [-0.25, -0.2) is 4.79 Å². The summed E-state index contributed by atoms with van der Waals surface area (Å²) in [6, 6.07) is 0.0437. The molecule has 6 atom stereocenters. The lowest BCUT2D eigenvalue weighted by Gasteiger charge is -2.45. The van der Waals surface area contributed by atoms with Gasteiger partial charge in [0.15, 0.2) is 0 Å². The van der Waals surface area contributed by atoms with Gasteiger partial charge in [-0.15, -0.1) is 0 Å². The predicted octanol–water partition coefficient (Wildman–Crippen LogP) is 1.19. The van der Waals surface area contributed by atoms with Crippen molar-refractivity contribution in [3.63, 3.8) is 0 Å². The largest absolute Gasteiger partial charge is 0.461 e. The van der Waals surface area contributed by atoms with E-state index < -0.39 is 0 Å². The number of likely N-dealkylation sites (tertiary alicyclic amines) is 1. The molecule has 1 saturated carbocycles. The van der Waals surface area contributed by atoms with Crippen molar-refractivity contribution in [3.05, 3.63) is 0 Å². The van der Waals surface area contributed by atoms with Crippen LogP contribution < -0.4 is 0 Å². The summed E-state index contributed by atoms with van der Waals surface area (Å²) >= 11 is 2.32. The molecule has 0 aromatic heterocycles. The second kappa shape index (κ2) is 5.91. The van der Waals surface area contributed by atoms with E-state index in [1.165, 1.54) is 7.11 Å². The van der Waals surface area contributed by atoms with E-state index in [0.717, 1.165) is 6.42 Å². The molecule has 2 heterocycles. The van der Waals surface area contributed by atoms with Crippen molar-refractivity contribution < 1.29 is 24.2 Å². The Kier molecular flexibility index (Phi) is 4.31. The summed E-state index contributed by atoms with van der Waals surface area (Å²) in [5, 5.41) is 9.39. The Balaban J connectivity index is 1.91. The number of hydrogen-bond acceptors (Lipinski definition) is 5. The van der Waals surface area contributed by atoms with Crippen molar-refractivity contribution in [1.29, 1.82) is 0 Å². The number of nitrogens with zero attached hydrogens (tertiary/aromatic N) is 1. The Bertz CT molecular complexity index is 445. The van der Waals surface area contributed by atoms with Crippen molar-refractivity contribution in [2.45, 2.75) is 35.3 Å². The minimum Gasteiger partial charge on any atom is -0.461 e. The van der Waals surface area contributed by atoms with Gasteiger partial charge in [-0.05, 0) is 24.7 Å². The van der Waals surface area contributed by atoms with Gasteiger partial charge in [-0.3, -0.25) is 4.79 Å². The topological polar surface area (TPSA) is 76.1 Å². The second-order valence-corrected chi connectivity index (χ2v) is 7.49. The minimum atomic E-state index is -0.308. The number of fused-ring (bicyclic) bond motifs is 3. The van der Waals surface area contributed by atoms with Gasteiger partial charge < -0.3 is 19.5 Å². The van der Waals surface area contributed by atoms with Crippen molar-refractivity contribution in [2.75, 3.05) is 20.3 Å². The number of halogens is 1. The third kappa shape index (κ3) is 2.42. The minimum absolute atomic E-state index is 0.0437. The molecule has 0 bridgehead atoms. The zero-order chi connectivity index (χ0) is 15.1. The molecule has 0 aromatic carbocycles. The second-order valence-electron chi connectivity index (χ2n) is 6.05. The predicted molar refractivity (Wildman–Crippen MR) is 82.0 cm³/mol. The zero-order valence-corrected chi connectivity index (χ0v) is 14.1. The maximum atomic E-state index is 12.0. The van der Waals surface area contributed by atoms with E-state index in [0.29, 0.717) is 19.4 Å². The van der Waals surface area contributed by atoms with E-state index in [2.05, 4.69) is 22.6 Å². The third-order valence-corrected chi connectivity index (χ3v) is 6.81. The smallest absolute Gasteiger partial charge is 0.409 e. The summed E-state index contributed by atoms with van der Waals surface area (Å²) in [4.78, 5) is 25.5. The van der Waals surface area contributed by atoms with Crippen LogP contribution in [0.25, 0.3) is 0 Å². The first-order valence-corrected chi connectivity index (χ1v) is 8.62. The van der Waals surface area contributed by atoms with Crippen LogP contribution in [0.3, 0.4) is 0 Å². The number of methoxy groups -OCH3 is 1. The molecule has 1 aliphatic carbocycles. The molecule has 6 nitrogen and oxygen atoms in total. The molecule has 3 fully saturated rings. The SMILES string of the molecule is COC(=O)N1CC[C@@H]2[C@H]3CC(=O)O[C@H]3C(I)C(CCO)[C@H]21. The molecule has 7 heteroatoms. The van der Waals surface area contributed by atoms with Gasteiger partial charge in [-0.2, -0.15) is 0 Å². The highest BCUT2D eigenvalue weighted by molar-refractivity contribution is 14.1. The van der Waals surface area contributed by atoms with Crippen molar-refractivity contribution in [3.8, 4) is 0 Å². The molecule has 118 valence electrons. The number of amides is 1. The molecular formula is C14H20INO5. The van der Waals surface area contributed by atoms with Crippen LogP contribution in [-0.2, 0) is 14.3 Å². The maximum absolute atomic E-state index is 12.0. The average molecular weight is 409 g/mol. The normalized spacial score (nSPS) is 41.5. The monoisotopic (exact) mass is 409 g/mol. The van der Waals surface area contributed by atoms with Gasteiger partial charge in [0.1, 0.15) is 6.10 Å². The molecule has 0 radical (unpaired) electrons. The van der Waals surface area contributed by atoms with Gasteiger partial charge in [0.2, 0.25) is 0 Å². The molecule has 0 aromatic rings. The highest BCUT2D eigenvalue weighted by atomic mass is 127. The van der Waals surface area contributed by atoms with Crippen LogP contribution in [0.4, 0.5) is 4.79 Å². The lowest BCUT2D eigenvalue weighted by Crippen LogP contribution is -2.55. The maximum Gasteiger partial charge on any atom is 0.409 e. The van der Waals surface area contributed by atoms with E-state index in [4.69, 9.17) is 9.47 Å². The van der Waals surface area contributed by atoms with Gasteiger partial charge in [0.05, 0.1) is 17.5 Å². The number of aliphatic hydroxyl groups is 1. The number of aliphatic hydroxyl groups excluding tert-OH is 1. The fraction of sp³-hybridized carbons (Fsp3) is 0.857. The van der Waals surface area contributed by atoms with Crippen LogP contribution in [0, 0.1) is 17.8 Å². The molecule has 21 heavy (non-hydrogen) atoms. The highest BCUT2D eigenvalue weighted by Crippen LogP contribution is 2.51. The Hall–Kier alpha value is -0.570. The molecule has 1 amide bonds. The first-order chi connectivity index (χ1) is 10.1. The first-order valence-electron chi connectivity index (χ1n) is 7.37. The molecule has 2 unspecified atom stereocenters. The lowest BCUT2D eigenvalue weighted by atomic mass is 9.68. The molecule has 3 aliphatic rings. The molecule has 1 N–H and O–H groups in total. The zero-order valence-electron chi connectivity index (χ0n) is 11.9. The first kappa shape index (κ1) is 15.3. The van der Waals surface area contributed by atoms with Crippen LogP contribution in [0.15, 0.2) is 0 Å². The van der Waals surface area contributed by atoms with Gasteiger partial charge in [-0.1, -0.05) is 22.6 Å². The molecule has 2 aliphatic heterocycles. The molecule has 3 rings (SSSR count). The van der Waals surface area contributed by atoms with E-state index in [9.17, 15) is 14.7 Å². The van der Waals surface area contributed by atoms with Crippen LogP contribution in [0.2, 0.25) is 0 Å². The fourth-order valence-electron chi connectivity index (χ4n) is 4.39. The summed E-state index contributed by atoms with van der Waals surface area (Å²) in [6.07, 6.45) is 1.56. The number of carbonyl (C=O) groups excluding carboxylic acids is 2. The quantitative estimate of drug-likeness (QED) is 0.422. The third-order valence-electron chi connectivity index (χ3n) is 5.18. The van der Waals surface area contributed by atoms with Gasteiger partial charge >= 0.3 is 12.1 Å². The van der Waals surface area contributed by atoms with Crippen molar-refractivity contribution in [1.82, 2.24) is 4.90 Å². The Morgan fingerprint density at radius 1 is 1.52 bits per heavy atom. The van der Waals surface area contributed by atoms with Gasteiger partial charge in [0, 0.05) is 25.1 Å². The number of rotatable bonds is 2. The number of ether oxygens (including phenoxy) is 2. The van der Waals surface area contributed by atoms with Crippen LogP contribution >= 0.6 is 22.6 Å². The molecular weight excluding hydrogens is 389 g/mol. The fourth-order valence-corrected chi connectivity index (χ4v) is 5.85. The number of carbonyl (C=O) groups is 2. The Morgan fingerprint density at radius 2 is 2.29 bits per heavy atom. The lowest BCUT2D eigenvalue weighted by molar-refractivity contribution is -0.142. The van der Waals surface area contributed by atoms with E-state index in [1.54, 1.807) is 4.90 Å². The average Bonchev–Trinajstić information content (AvgIpc) is 3.06. The van der Waals surface area contributed by atoms with E-state index >= 15 is 0 Å². The summed E-state index contributed by atoms with van der Waals surface area (Å²) in [5.74, 6) is 0.457. The molecule has 2 saturated heterocycles. The van der Waals surface area contributed by atoms with E-state index in [1.807, 2.05) is 0 Å². The van der Waals surface area contributed by atoms with Crippen LogP contribution in [0.1, 0.15) is 19.3 Å². The summed E-state index contributed by atoms with van der Waals surface area (Å²) < 4.78 is 10.5. The van der Waals surface area contributed by atoms with Gasteiger partial charge in [0.25, 0.3) is 0 Å². The highest BCUT2D eigenvalue weighted by Gasteiger charge is 2.58. The van der Waals surface area contributed by atoms with Crippen LogP contribution in [0.5, 0.6) is 0 Å².